The van der Waals surface area contributed by atoms with Gasteiger partial charge < -0.3 is 0 Å². The minimum atomic E-state index is 0.206. The van der Waals surface area contributed by atoms with E-state index in [0.29, 0.717) is 0 Å². The Morgan fingerprint density at radius 2 is 0.525 bits per heavy atom. The van der Waals surface area contributed by atoms with E-state index in [0.717, 1.165) is 11.8 Å². The second-order valence-electron chi connectivity index (χ2n) is 32.3. The van der Waals surface area contributed by atoms with Gasteiger partial charge in [-0.2, -0.15) is 0 Å². The van der Waals surface area contributed by atoms with Crippen LogP contribution in [-0.4, -0.2) is 0 Å². The minimum absolute atomic E-state index is 0.206. The van der Waals surface area contributed by atoms with Crippen molar-refractivity contribution in [3.63, 3.8) is 0 Å². The van der Waals surface area contributed by atoms with Gasteiger partial charge >= 0.3 is 0 Å². The zero-order chi connectivity index (χ0) is 74.0. The molecule has 530 valence electrons. The maximum atomic E-state index is 2.42. The van der Waals surface area contributed by atoms with Gasteiger partial charge in [-0.05, 0) is 381 Å². The summed E-state index contributed by atoms with van der Waals surface area (Å²) in [5, 5.41) is 5.53. The first-order chi connectivity index (χ1) is 46.3. The highest BCUT2D eigenvalue weighted by molar-refractivity contribution is 5.90. The number of hydrogen-bond donors (Lipinski definition) is 0. The summed E-state index contributed by atoms with van der Waals surface area (Å²) in [6, 6.07) is 53.4. The van der Waals surface area contributed by atoms with Crippen LogP contribution >= 0.6 is 0 Å². The summed E-state index contributed by atoms with van der Waals surface area (Å²) in [7, 11) is 0. The number of benzene rings is 10. The van der Waals surface area contributed by atoms with Crippen LogP contribution in [0.5, 0.6) is 0 Å². The summed E-state index contributed by atoms with van der Waals surface area (Å²) in [6.45, 7) is 66.1. The molecule has 10 aromatic carbocycles. The molecule has 0 unspecified atom stereocenters. The van der Waals surface area contributed by atoms with E-state index < -0.39 is 0 Å². The highest BCUT2D eigenvalue weighted by atomic mass is 14.3. The van der Waals surface area contributed by atoms with E-state index in [1.165, 1.54) is 224 Å². The molecule has 0 atom stereocenters. The van der Waals surface area contributed by atoms with Gasteiger partial charge in [0.2, 0.25) is 0 Å². The summed E-state index contributed by atoms with van der Waals surface area (Å²) in [6.07, 6.45) is 12.8. The maximum absolute atomic E-state index is 2.42. The predicted molar refractivity (Wildman–Crippen MR) is 445 cm³/mol. The number of fused-ring (bicyclic) bond motifs is 2. The van der Waals surface area contributed by atoms with Crippen LogP contribution in [0.1, 0.15) is 267 Å². The Morgan fingerprint density at radius 3 is 0.879 bits per heavy atom. The van der Waals surface area contributed by atoms with E-state index in [9.17, 15) is 0 Å². The van der Waals surface area contributed by atoms with Crippen molar-refractivity contribution in [1.29, 1.82) is 0 Å². The molecule has 12 rings (SSSR count). The molecule has 99 heavy (non-hydrogen) atoms. The third-order valence-corrected chi connectivity index (χ3v) is 22.4. The molecule has 0 spiro atoms. The van der Waals surface area contributed by atoms with Crippen LogP contribution < -0.4 is 0 Å². The van der Waals surface area contributed by atoms with Gasteiger partial charge in [0.25, 0.3) is 0 Å². The number of hydrogen-bond acceptors (Lipinski definition) is 0. The van der Waals surface area contributed by atoms with Crippen LogP contribution in [0.2, 0.25) is 0 Å². The predicted octanol–water partition coefficient (Wildman–Crippen LogP) is 29.5. The molecule has 0 aromatic heterocycles. The van der Waals surface area contributed by atoms with E-state index in [2.05, 4.69) is 353 Å². The fraction of sp³-hybridized carbons (Fsp3) is 0.434. The fourth-order valence-electron chi connectivity index (χ4n) is 14.0. The van der Waals surface area contributed by atoms with Crippen LogP contribution in [0, 0.1) is 166 Å². The first kappa shape index (κ1) is 82.4. The zero-order valence-electron chi connectivity index (χ0n) is 68.4. The van der Waals surface area contributed by atoms with E-state index >= 15 is 0 Å². The van der Waals surface area contributed by atoms with Crippen molar-refractivity contribution in [3.05, 3.63) is 301 Å². The van der Waals surface area contributed by atoms with Gasteiger partial charge in [0.15, 0.2) is 0 Å². The molecule has 10 aromatic rings. The Hall–Kier alpha value is -7.28. The van der Waals surface area contributed by atoms with Gasteiger partial charge in [-0.3, -0.25) is 0 Å². The third kappa shape index (κ3) is 23.9. The van der Waals surface area contributed by atoms with Gasteiger partial charge in [0.05, 0.1) is 0 Å². The van der Waals surface area contributed by atoms with Crippen LogP contribution in [0.15, 0.2) is 146 Å². The molecular formula is C99H134. The average Bonchev–Trinajstić information content (AvgIpc) is 0.886. The lowest BCUT2D eigenvalue weighted by Gasteiger charge is -2.23. The lowest BCUT2D eigenvalue weighted by atomic mass is 9.81. The first-order valence-electron chi connectivity index (χ1n) is 37.6. The lowest BCUT2D eigenvalue weighted by Crippen LogP contribution is -2.12. The Bertz CT molecular complexity index is 4080. The third-order valence-electron chi connectivity index (χ3n) is 22.4. The van der Waals surface area contributed by atoms with E-state index in [1.807, 2.05) is 0 Å². The highest BCUT2D eigenvalue weighted by Crippen LogP contribution is 2.38. The molecule has 0 heteroatoms. The average molecular weight is 1320 g/mol. The number of rotatable bonds is 2. The van der Waals surface area contributed by atoms with Crippen molar-refractivity contribution in [2.75, 3.05) is 0 Å². The largest absolute Gasteiger partial charge is 0.0620 e. The highest BCUT2D eigenvalue weighted by Gasteiger charge is 2.21. The summed E-state index contributed by atoms with van der Waals surface area (Å²) in [5.74, 6) is 1.70. The summed E-state index contributed by atoms with van der Waals surface area (Å²) in [5.41, 5.74) is 40.5. The van der Waals surface area contributed by atoms with Crippen molar-refractivity contribution >= 4 is 21.5 Å². The van der Waals surface area contributed by atoms with Crippen molar-refractivity contribution < 1.29 is 0 Å². The van der Waals surface area contributed by atoms with Gasteiger partial charge in [0, 0.05) is 0 Å². The second kappa shape index (κ2) is 37.4. The van der Waals surface area contributed by atoms with Crippen molar-refractivity contribution in [3.8, 4) is 0 Å². The Balaban J connectivity index is 0.000000206. The molecule has 2 saturated carbocycles. The zero-order valence-corrected chi connectivity index (χ0v) is 68.4. The molecule has 0 aliphatic heterocycles. The smallest absolute Gasteiger partial charge is 0.0126 e. The SMILES string of the molecule is Cc1cc(C(C)(C)C)c2ccccc2c1C.Cc1cc(C(C)(C)C)cc(C)c1C.Cc1cc(C)c(C)c(C)c1.Cc1cc(C)c(C)c(C)c1.Cc1cc(C2CCCC2)cc(C)c1C.Cc1cc(C2CCCCC2)cc(C)c1C.Cc1cc2ccccc2c(C)c1C.Cc1ccccc1C. The van der Waals surface area contributed by atoms with E-state index in [4.69, 9.17) is 0 Å². The molecule has 0 bridgehead atoms. The van der Waals surface area contributed by atoms with Crippen molar-refractivity contribution in [2.24, 2.45) is 0 Å². The second-order valence-corrected chi connectivity index (χ2v) is 32.3. The first-order valence-corrected chi connectivity index (χ1v) is 37.6. The lowest BCUT2D eigenvalue weighted by molar-refractivity contribution is 0.443. The van der Waals surface area contributed by atoms with Gasteiger partial charge in [-0.15, -0.1) is 0 Å². The molecule has 0 radical (unpaired) electrons. The molecule has 0 saturated heterocycles. The number of aryl methyl sites for hydroxylation is 18. The fourth-order valence-corrected chi connectivity index (χ4v) is 14.0. The monoisotopic (exact) mass is 1320 g/mol. The summed E-state index contributed by atoms with van der Waals surface area (Å²) < 4.78 is 0. The Morgan fingerprint density at radius 1 is 0.232 bits per heavy atom. The molecular weight excluding hydrogens is 1190 g/mol. The van der Waals surface area contributed by atoms with Crippen LogP contribution in [0.25, 0.3) is 21.5 Å². The molecule has 2 fully saturated rings. The van der Waals surface area contributed by atoms with Gasteiger partial charge in [-0.1, -0.05) is 230 Å². The standard InChI is InChI=1S/C16H20.C15H22.C14H20.C13H14.C13H20.2C10H14.C8H10/c1-11-10-15(16(3,4)5)14-9-7-6-8-13(14)12(11)2;1-11-9-15(10-12(2)13(11)3)14-7-5-4-6-8-14;1-10-8-14(9-11(2)12(10)3)13-6-4-5-7-13;1-9-8-12-6-4-5-7-13(12)11(3)10(9)2;1-9-7-12(13(4,5)6)8-10(2)11(9)3;2*1-7-5-8(2)10(4)9(3)6-7;1-7-5-3-4-6-8(7)2/h6-10H,1-5H3;9-10,14H,4-8H2,1-3H3;8-9,13H,4-7H2,1-3H3;4-8H,1-3H3;7-8H,1-6H3;2*5-6H,1-4H3;3-6H,1-2H3. The topological polar surface area (TPSA) is 0 Å². The summed E-state index contributed by atoms with van der Waals surface area (Å²) >= 11 is 0. The molecule has 0 N–H and O–H groups in total. The van der Waals surface area contributed by atoms with Crippen LogP contribution in [-0.2, 0) is 10.8 Å². The van der Waals surface area contributed by atoms with E-state index in [-0.39, 0.29) is 10.8 Å². The van der Waals surface area contributed by atoms with E-state index in [1.54, 1.807) is 11.1 Å². The molecule has 0 nitrogen and oxygen atoms in total. The minimum Gasteiger partial charge on any atom is -0.0620 e. The molecule has 0 heterocycles. The van der Waals surface area contributed by atoms with Crippen LogP contribution in [0.4, 0.5) is 0 Å². The molecule has 0 amide bonds. The molecule has 2 aliphatic carbocycles. The Kier molecular flexibility index (Phi) is 31.1. The van der Waals surface area contributed by atoms with Gasteiger partial charge in [0.1, 0.15) is 0 Å². The van der Waals surface area contributed by atoms with Crippen molar-refractivity contribution in [1.82, 2.24) is 0 Å². The van der Waals surface area contributed by atoms with Gasteiger partial charge in [-0.25, -0.2) is 0 Å². The van der Waals surface area contributed by atoms with Crippen LogP contribution in [0.3, 0.4) is 0 Å². The normalized spacial score (nSPS) is 12.9. The quantitative estimate of drug-likeness (QED) is 0.162. The summed E-state index contributed by atoms with van der Waals surface area (Å²) in [4.78, 5) is 0. The maximum Gasteiger partial charge on any atom is -0.0126 e. The Labute approximate surface area is 607 Å². The van der Waals surface area contributed by atoms with Crippen molar-refractivity contribution in [2.45, 2.75) is 288 Å². The molecule has 2 aliphatic rings.